The molecule has 1 heterocycles. The van der Waals surface area contributed by atoms with Crippen molar-refractivity contribution >= 4 is 5.78 Å². The lowest BCUT2D eigenvalue weighted by molar-refractivity contribution is -0.223. The second kappa shape index (κ2) is 4.96. The standard InChI is InChI=1S/C15H16O6/c1-17-9-4-5-11-12(6-9)20-14-8-10(18-2)7-13(16)15(14,19-3)21-11/h4-7,14H,8H2,1-3H3/t14-,15-/m0/s1. The van der Waals surface area contributed by atoms with Crippen LogP contribution >= 0.6 is 0 Å². The van der Waals surface area contributed by atoms with Crippen LogP contribution in [0, 0.1) is 0 Å². The molecule has 0 saturated heterocycles. The third-order valence-electron chi connectivity index (χ3n) is 3.69. The van der Waals surface area contributed by atoms with Crippen molar-refractivity contribution in [3.63, 3.8) is 0 Å². The van der Waals surface area contributed by atoms with Gasteiger partial charge in [-0.1, -0.05) is 0 Å². The molecule has 1 aliphatic heterocycles. The highest BCUT2D eigenvalue weighted by Gasteiger charge is 2.55. The maximum absolute atomic E-state index is 12.4. The molecule has 1 aliphatic carbocycles. The predicted octanol–water partition coefficient (Wildman–Crippen LogP) is 1.68. The average Bonchev–Trinajstić information content (AvgIpc) is 2.52. The minimum atomic E-state index is -1.47. The van der Waals surface area contributed by atoms with Gasteiger partial charge < -0.3 is 23.7 Å². The first-order chi connectivity index (χ1) is 10.1. The van der Waals surface area contributed by atoms with Gasteiger partial charge in [0.05, 0.1) is 14.2 Å². The van der Waals surface area contributed by atoms with Crippen molar-refractivity contribution < 1.29 is 28.5 Å². The van der Waals surface area contributed by atoms with Crippen molar-refractivity contribution in [3.8, 4) is 17.2 Å². The van der Waals surface area contributed by atoms with E-state index in [-0.39, 0.29) is 5.78 Å². The Balaban J connectivity index is 2.03. The van der Waals surface area contributed by atoms with Crippen LogP contribution in [-0.2, 0) is 14.3 Å². The molecule has 112 valence electrons. The van der Waals surface area contributed by atoms with Gasteiger partial charge in [0.1, 0.15) is 11.5 Å². The molecule has 0 spiro atoms. The molecule has 3 rings (SSSR count). The Morgan fingerprint density at radius 2 is 2.00 bits per heavy atom. The summed E-state index contributed by atoms with van der Waals surface area (Å²) < 4.78 is 27.4. The van der Waals surface area contributed by atoms with Gasteiger partial charge in [0.2, 0.25) is 5.78 Å². The smallest absolute Gasteiger partial charge is 0.312 e. The summed E-state index contributed by atoms with van der Waals surface area (Å²) in [6, 6.07) is 5.13. The van der Waals surface area contributed by atoms with Crippen LogP contribution in [0.25, 0.3) is 0 Å². The molecule has 0 amide bonds. The molecule has 0 N–H and O–H groups in total. The summed E-state index contributed by atoms with van der Waals surface area (Å²) >= 11 is 0. The maximum Gasteiger partial charge on any atom is 0.312 e. The zero-order valence-electron chi connectivity index (χ0n) is 12.0. The Morgan fingerprint density at radius 1 is 1.19 bits per heavy atom. The van der Waals surface area contributed by atoms with Gasteiger partial charge >= 0.3 is 5.79 Å². The lowest BCUT2D eigenvalue weighted by Gasteiger charge is -2.43. The van der Waals surface area contributed by atoms with E-state index in [1.165, 1.54) is 20.3 Å². The van der Waals surface area contributed by atoms with Crippen molar-refractivity contribution in [1.29, 1.82) is 0 Å². The van der Waals surface area contributed by atoms with E-state index in [0.29, 0.717) is 29.4 Å². The Morgan fingerprint density at radius 3 is 2.67 bits per heavy atom. The predicted molar refractivity (Wildman–Crippen MR) is 72.5 cm³/mol. The first-order valence-corrected chi connectivity index (χ1v) is 6.51. The molecule has 0 unspecified atom stereocenters. The highest BCUT2D eigenvalue weighted by atomic mass is 16.7. The van der Waals surface area contributed by atoms with Gasteiger partial charge in [-0.2, -0.15) is 0 Å². The molecule has 0 bridgehead atoms. The summed E-state index contributed by atoms with van der Waals surface area (Å²) in [5.41, 5.74) is 0. The Hall–Kier alpha value is -2.21. The van der Waals surface area contributed by atoms with Crippen LogP contribution in [0.15, 0.2) is 30.0 Å². The van der Waals surface area contributed by atoms with Crippen molar-refractivity contribution in [2.24, 2.45) is 0 Å². The lowest BCUT2D eigenvalue weighted by atomic mass is 9.93. The third-order valence-corrected chi connectivity index (χ3v) is 3.69. The number of carbonyl (C=O) groups excluding carboxylic acids is 1. The second-order valence-electron chi connectivity index (χ2n) is 4.78. The minimum absolute atomic E-state index is 0.334. The van der Waals surface area contributed by atoms with E-state index in [2.05, 4.69) is 0 Å². The Labute approximate surface area is 122 Å². The van der Waals surface area contributed by atoms with E-state index in [1.54, 1.807) is 25.3 Å². The van der Waals surface area contributed by atoms with Crippen molar-refractivity contribution in [2.45, 2.75) is 18.3 Å². The normalized spacial score (nSPS) is 26.7. The van der Waals surface area contributed by atoms with E-state index in [0.717, 1.165) is 0 Å². The van der Waals surface area contributed by atoms with Crippen LogP contribution in [0.5, 0.6) is 17.2 Å². The van der Waals surface area contributed by atoms with Gasteiger partial charge in [0.15, 0.2) is 17.6 Å². The zero-order chi connectivity index (χ0) is 15.0. The maximum atomic E-state index is 12.4. The number of methoxy groups -OCH3 is 3. The highest BCUT2D eigenvalue weighted by molar-refractivity contribution is 5.98. The average molecular weight is 292 g/mol. The summed E-state index contributed by atoms with van der Waals surface area (Å²) in [7, 11) is 4.51. The van der Waals surface area contributed by atoms with Gasteiger partial charge in [0.25, 0.3) is 0 Å². The number of hydrogen-bond acceptors (Lipinski definition) is 6. The van der Waals surface area contributed by atoms with E-state index in [1.807, 2.05) is 0 Å². The molecule has 0 aromatic heterocycles. The Kier molecular flexibility index (Phi) is 3.25. The first kappa shape index (κ1) is 13.8. The number of benzene rings is 1. The van der Waals surface area contributed by atoms with Crippen LogP contribution < -0.4 is 14.2 Å². The van der Waals surface area contributed by atoms with Crippen LogP contribution in [-0.4, -0.2) is 39.0 Å². The Bertz CT molecular complexity index is 608. The van der Waals surface area contributed by atoms with Crippen LogP contribution in [0.1, 0.15) is 6.42 Å². The quantitative estimate of drug-likeness (QED) is 0.844. The fourth-order valence-corrected chi connectivity index (χ4v) is 2.54. The molecule has 0 fully saturated rings. The molecule has 2 atom stereocenters. The van der Waals surface area contributed by atoms with Gasteiger partial charge in [-0.25, -0.2) is 0 Å². The van der Waals surface area contributed by atoms with E-state index >= 15 is 0 Å². The van der Waals surface area contributed by atoms with Crippen LogP contribution in [0.2, 0.25) is 0 Å². The van der Waals surface area contributed by atoms with Crippen molar-refractivity contribution in [1.82, 2.24) is 0 Å². The number of ketones is 1. The van der Waals surface area contributed by atoms with Crippen molar-refractivity contribution in [3.05, 3.63) is 30.0 Å². The minimum Gasteiger partial charge on any atom is -0.501 e. The summed E-state index contributed by atoms with van der Waals surface area (Å²) in [5.74, 6) is 0.330. The summed E-state index contributed by atoms with van der Waals surface area (Å²) in [4.78, 5) is 12.4. The number of carbonyl (C=O) groups is 1. The fraction of sp³-hybridized carbons (Fsp3) is 0.400. The number of hydrogen-bond donors (Lipinski definition) is 0. The monoisotopic (exact) mass is 292 g/mol. The fourth-order valence-electron chi connectivity index (χ4n) is 2.54. The third kappa shape index (κ3) is 2.03. The van der Waals surface area contributed by atoms with E-state index < -0.39 is 11.9 Å². The van der Waals surface area contributed by atoms with Gasteiger partial charge in [-0.15, -0.1) is 0 Å². The molecule has 0 saturated carbocycles. The van der Waals surface area contributed by atoms with Gasteiger partial charge in [-0.3, -0.25) is 4.79 Å². The van der Waals surface area contributed by atoms with E-state index in [9.17, 15) is 4.79 Å². The number of ether oxygens (including phenoxy) is 5. The van der Waals surface area contributed by atoms with Gasteiger partial charge in [0, 0.05) is 25.7 Å². The SMILES string of the molecule is COC1=CC(=O)[C@]2(OC)Oc3ccc(OC)cc3O[C@H]2C1. The van der Waals surface area contributed by atoms with Crippen molar-refractivity contribution in [2.75, 3.05) is 21.3 Å². The van der Waals surface area contributed by atoms with E-state index in [4.69, 9.17) is 23.7 Å². The summed E-state index contributed by atoms with van der Waals surface area (Å²) in [6.45, 7) is 0. The number of rotatable bonds is 3. The molecule has 1 aromatic rings. The molecule has 2 aliphatic rings. The molecular formula is C15H16O6. The first-order valence-electron chi connectivity index (χ1n) is 6.51. The second-order valence-corrected chi connectivity index (χ2v) is 4.78. The zero-order valence-corrected chi connectivity index (χ0v) is 12.0. The summed E-state index contributed by atoms with van der Waals surface area (Å²) in [6.07, 6.45) is 1.15. The molecule has 0 radical (unpaired) electrons. The largest absolute Gasteiger partial charge is 0.501 e. The molecular weight excluding hydrogens is 276 g/mol. The van der Waals surface area contributed by atoms with Gasteiger partial charge in [-0.05, 0) is 12.1 Å². The molecule has 6 nitrogen and oxygen atoms in total. The lowest BCUT2D eigenvalue weighted by Crippen LogP contribution is -2.61. The van der Waals surface area contributed by atoms with Crippen LogP contribution in [0.3, 0.4) is 0 Å². The molecule has 1 aromatic carbocycles. The topological polar surface area (TPSA) is 63.2 Å². The highest BCUT2D eigenvalue weighted by Crippen LogP contribution is 2.44. The molecule has 6 heteroatoms. The summed E-state index contributed by atoms with van der Waals surface area (Å²) in [5, 5.41) is 0. The number of fused-ring (bicyclic) bond motifs is 2. The van der Waals surface area contributed by atoms with Crippen LogP contribution in [0.4, 0.5) is 0 Å². The molecule has 21 heavy (non-hydrogen) atoms.